The van der Waals surface area contributed by atoms with Gasteiger partial charge in [-0.25, -0.2) is 0 Å². The highest BCUT2D eigenvalue weighted by molar-refractivity contribution is 7.09. The molecule has 0 radical (unpaired) electrons. The minimum absolute atomic E-state index is 0.0297. The zero-order valence-electron chi connectivity index (χ0n) is 15.8. The first-order valence-electron chi connectivity index (χ1n) is 9.61. The predicted octanol–water partition coefficient (Wildman–Crippen LogP) is -0.518. The molecule has 1 aliphatic rings. The van der Waals surface area contributed by atoms with Crippen LogP contribution in [0.25, 0.3) is 0 Å². The van der Waals surface area contributed by atoms with E-state index in [9.17, 15) is 9.59 Å². The Kier molecular flexibility index (Phi) is 7.85. The van der Waals surface area contributed by atoms with Crippen LogP contribution in [0.2, 0.25) is 5.02 Å². The van der Waals surface area contributed by atoms with Gasteiger partial charge in [0.25, 0.3) is 11.8 Å². The number of halogens is 1. The third-order valence-corrected chi connectivity index (χ3v) is 6.17. The van der Waals surface area contributed by atoms with Crippen molar-refractivity contribution in [2.24, 2.45) is 0 Å². The Bertz CT molecular complexity index is 776. The van der Waals surface area contributed by atoms with Crippen molar-refractivity contribution in [1.29, 1.82) is 0 Å². The minimum atomic E-state index is -0.0297. The predicted molar refractivity (Wildman–Crippen MR) is 112 cm³/mol. The highest BCUT2D eigenvalue weighted by Crippen LogP contribution is 2.19. The fourth-order valence-electron chi connectivity index (χ4n) is 3.36. The van der Waals surface area contributed by atoms with Crippen LogP contribution in [-0.4, -0.2) is 57.6 Å². The van der Waals surface area contributed by atoms with E-state index in [1.165, 1.54) is 14.7 Å². The maximum atomic E-state index is 12.2. The van der Waals surface area contributed by atoms with Gasteiger partial charge in [-0.15, -0.1) is 11.3 Å². The van der Waals surface area contributed by atoms with Crippen molar-refractivity contribution in [3.05, 3.63) is 51.7 Å². The molecule has 28 heavy (non-hydrogen) atoms. The van der Waals surface area contributed by atoms with Gasteiger partial charge in [-0.05, 0) is 30.0 Å². The molecule has 1 fully saturated rings. The molecule has 0 aliphatic carbocycles. The zero-order valence-corrected chi connectivity index (χ0v) is 17.4. The first-order valence-corrected chi connectivity index (χ1v) is 10.9. The van der Waals surface area contributed by atoms with Crippen molar-refractivity contribution >= 4 is 40.4 Å². The van der Waals surface area contributed by atoms with E-state index in [2.05, 4.69) is 22.1 Å². The number of para-hydroxylation sites is 1. The molecule has 2 amide bonds. The molecule has 150 valence electrons. The number of thiophene rings is 1. The third kappa shape index (κ3) is 6.60. The summed E-state index contributed by atoms with van der Waals surface area (Å²) in [6, 6.07) is 11.4. The standard InChI is InChI=1S/C20H25ClN4O2S/c21-17-5-1-2-6-18(17)23-20(27)15-25-11-9-24(10-12-25)14-19(26)22-8-7-16-4-3-13-28-16/h1-6,13H,7-12,14-15H2,(H,22,26)(H,23,27)/p+2. The molecule has 2 heterocycles. The average Bonchev–Trinajstić information content (AvgIpc) is 3.19. The number of piperazine rings is 1. The van der Waals surface area contributed by atoms with E-state index in [0.717, 1.165) is 32.6 Å². The van der Waals surface area contributed by atoms with Crippen LogP contribution in [0.15, 0.2) is 41.8 Å². The summed E-state index contributed by atoms with van der Waals surface area (Å²) in [5.41, 5.74) is 0.650. The van der Waals surface area contributed by atoms with Gasteiger partial charge in [-0.1, -0.05) is 29.8 Å². The van der Waals surface area contributed by atoms with E-state index >= 15 is 0 Å². The second kappa shape index (κ2) is 10.6. The SMILES string of the molecule is O=C(C[NH+]1CC[NH+](CC(=O)Nc2ccccc2Cl)CC1)NCCc1cccs1. The summed E-state index contributed by atoms with van der Waals surface area (Å²) in [4.78, 5) is 28.2. The van der Waals surface area contributed by atoms with Crippen LogP contribution < -0.4 is 20.4 Å². The maximum Gasteiger partial charge on any atom is 0.279 e. The largest absolute Gasteiger partial charge is 0.351 e. The molecule has 3 rings (SSSR count). The highest BCUT2D eigenvalue weighted by atomic mass is 35.5. The van der Waals surface area contributed by atoms with Crippen molar-refractivity contribution in [2.45, 2.75) is 6.42 Å². The molecule has 1 aromatic heterocycles. The number of amides is 2. The second-order valence-electron chi connectivity index (χ2n) is 7.06. The second-order valence-corrected chi connectivity index (χ2v) is 8.50. The molecular weight excluding hydrogens is 396 g/mol. The lowest BCUT2D eigenvalue weighted by molar-refractivity contribution is -1.00. The molecule has 4 N–H and O–H groups in total. The van der Waals surface area contributed by atoms with Gasteiger partial charge < -0.3 is 20.4 Å². The van der Waals surface area contributed by atoms with E-state index in [0.29, 0.717) is 30.3 Å². The number of hydrogen-bond donors (Lipinski definition) is 4. The Morgan fingerprint density at radius 1 is 0.964 bits per heavy atom. The zero-order chi connectivity index (χ0) is 19.8. The van der Waals surface area contributed by atoms with Crippen LogP contribution in [0, 0.1) is 0 Å². The summed E-state index contributed by atoms with van der Waals surface area (Å²) in [7, 11) is 0. The Labute approximate surface area is 174 Å². The lowest BCUT2D eigenvalue weighted by Crippen LogP contribution is -3.28. The molecule has 2 aromatic rings. The molecular formula is C20H27ClN4O2S+2. The fraction of sp³-hybridized carbons (Fsp3) is 0.400. The smallest absolute Gasteiger partial charge is 0.279 e. The van der Waals surface area contributed by atoms with Gasteiger partial charge in [-0.2, -0.15) is 0 Å². The van der Waals surface area contributed by atoms with Gasteiger partial charge in [0.1, 0.15) is 26.2 Å². The minimum Gasteiger partial charge on any atom is -0.351 e. The Morgan fingerprint density at radius 3 is 2.29 bits per heavy atom. The van der Waals surface area contributed by atoms with Crippen LogP contribution >= 0.6 is 22.9 Å². The van der Waals surface area contributed by atoms with Crippen LogP contribution in [0.5, 0.6) is 0 Å². The van der Waals surface area contributed by atoms with Gasteiger partial charge in [0, 0.05) is 11.4 Å². The first kappa shape index (κ1) is 20.8. The van der Waals surface area contributed by atoms with Crippen LogP contribution in [-0.2, 0) is 16.0 Å². The number of nitrogens with one attached hydrogen (secondary N) is 4. The molecule has 8 heteroatoms. The van der Waals surface area contributed by atoms with Crippen molar-refractivity contribution in [3.63, 3.8) is 0 Å². The number of rotatable bonds is 8. The molecule has 1 aliphatic heterocycles. The normalized spacial score (nSPS) is 19.2. The lowest BCUT2D eigenvalue weighted by Gasteiger charge is -2.29. The van der Waals surface area contributed by atoms with Gasteiger partial charge in [0.15, 0.2) is 13.1 Å². The molecule has 0 saturated carbocycles. The van der Waals surface area contributed by atoms with Crippen molar-refractivity contribution in [1.82, 2.24) is 5.32 Å². The highest BCUT2D eigenvalue weighted by Gasteiger charge is 2.26. The van der Waals surface area contributed by atoms with Crippen LogP contribution in [0.1, 0.15) is 4.88 Å². The number of hydrogen-bond acceptors (Lipinski definition) is 3. The van der Waals surface area contributed by atoms with Crippen LogP contribution in [0.3, 0.4) is 0 Å². The van der Waals surface area contributed by atoms with E-state index in [-0.39, 0.29) is 11.8 Å². The quantitative estimate of drug-likeness (QED) is 0.462. The van der Waals surface area contributed by atoms with E-state index < -0.39 is 0 Å². The van der Waals surface area contributed by atoms with Gasteiger partial charge in [-0.3, -0.25) is 9.59 Å². The van der Waals surface area contributed by atoms with Gasteiger partial charge in [0.2, 0.25) is 0 Å². The maximum absolute atomic E-state index is 12.2. The molecule has 1 aromatic carbocycles. The molecule has 0 unspecified atom stereocenters. The van der Waals surface area contributed by atoms with Gasteiger partial charge in [0.05, 0.1) is 10.7 Å². The number of anilines is 1. The van der Waals surface area contributed by atoms with Crippen molar-refractivity contribution in [3.8, 4) is 0 Å². The summed E-state index contributed by atoms with van der Waals surface area (Å²) < 4.78 is 0. The first-order chi connectivity index (χ1) is 13.6. The number of quaternary nitrogens is 2. The topological polar surface area (TPSA) is 67.1 Å². The Balaban J connectivity index is 1.32. The van der Waals surface area contributed by atoms with Crippen molar-refractivity contribution < 1.29 is 19.4 Å². The van der Waals surface area contributed by atoms with E-state index in [4.69, 9.17) is 11.6 Å². The van der Waals surface area contributed by atoms with Crippen LogP contribution in [0.4, 0.5) is 5.69 Å². The summed E-state index contributed by atoms with van der Waals surface area (Å²) in [6.45, 7) is 5.17. The monoisotopic (exact) mass is 422 g/mol. The van der Waals surface area contributed by atoms with Crippen molar-refractivity contribution in [2.75, 3.05) is 51.1 Å². The summed E-state index contributed by atoms with van der Waals surface area (Å²) in [5, 5.41) is 8.48. The molecule has 0 spiro atoms. The molecule has 0 atom stereocenters. The fourth-order valence-corrected chi connectivity index (χ4v) is 4.26. The summed E-state index contributed by atoms with van der Waals surface area (Å²) in [5.74, 6) is 0.0735. The van der Waals surface area contributed by atoms with E-state index in [1.54, 1.807) is 23.5 Å². The number of carbonyl (C=O) groups is 2. The lowest BCUT2D eigenvalue weighted by atomic mass is 10.3. The average molecular weight is 423 g/mol. The molecule has 6 nitrogen and oxygen atoms in total. The molecule has 1 saturated heterocycles. The van der Waals surface area contributed by atoms with Gasteiger partial charge >= 0.3 is 0 Å². The Hall–Kier alpha value is -1.93. The molecule has 0 bridgehead atoms. The van der Waals surface area contributed by atoms with E-state index in [1.807, 2.05) is 18.2 Å². The number of carbonyl (C=O) groups excluding carboxylic acids is 2. The summed E-state index contributed by atoms with van der Waals surface area (Å²) >= 11 is 7.80. The summed E-state index contributed by atoms with van der Waals surface area (Å²) in [6.07, 6.45) is 0.886. The third-order valence-electron chi connectivity index (χ3n) is 4.91. The number of benzene rings is 1. The Morgan fingerprint density at radius 2 is 1.64 bits per heavy atom.